The number of aliphatic imine (C=N–C) groups is 1. The van der Waals surface area contributed by atoms with Gasteiger partial charge >= 0.3 is 5.97 Å². The molecule has 0 aromatic rings. The lowest BCUT2D eigenvalue weighted by molar-refractivity contribution is -0.146. The summed E-state index contributed by atoms with van der Waals surface area (Å²) in [6.07, 6.45) is 1.65. The largest absolute Gasteiger partial charge is 0.469 e. The summed E-state index contributed by atoms with van der Waals surface area (Å²) in [6, 6.07) is 0.831. The van der Waals surface area contributed by atoms with Crippen molar-refractivity contribution in [2.24, 2.45) is 10.9 Å². The van der Waals surface area contributed by atoms with E-state index in [2.05, 4.69) is 35.9 Å². The number of esters is 1. The van der Waals surface area contributed by atoms with Crippen LogP contribution in [0, 0.1) is 5.92 Å². The lowest BCUT2D eigenvalue weighted by atomic mass is 9.97. The van der Waals surface area contributed by atoms with Gasteiger partial charge in [-0.15, -0.1) is 24.0 Å². The van der Waals surface area contributed by atoms with Gasteiger partial charge in [0.2, 0.25) is 0 Å². The molecule has 26 heavy (non-hydrogen) atoms. The molecule has 0 saturated carbocycles. The highest BCUT2D eigenvalue weighted by Crippen LogP contribution is 2.18. The minimum absolute atomic E-state index is 0. The second-order valence-corrected chi connectivity index (χ2v) is 6.99. The fourth-order valence-corrected chi connectivity index (χ4v) is 3.64. The van der Waals surface area contributed by atoms with E-state index in [1.165, 1.54) is 7.11 Å². The van der Waals surface area contributed by atoms with Gasteiger partial charge in [0, 0.05) is 38.3 Å². The zero-order chi connectivity index (χ0) is 18.2. The lowest BCUT2D eigenvalue weighted by Crippen LogP contribution is -2.50. The van der Waals surface area contributed by atoms with Crippen LogP contribution in [-0.4, -0.2) is 86.9 Å². The molecule has 0 aromatic heterocycles. The third-order valence-electron chi connectivity index (χ3n) is 5.15. The molecule has 2 aliphatic heterocycles. The number of nitrogens with one attached hydrogen (secondary N) is 1. The van der Waals surface area contributed by atoms with Gasteiger partial charge in [0.15, 0.2) is 5.96 Å². The fourth-order valence-electron chi connectivity index (χ4n) is 3.64. The standard InChI is InChI=1S/C18H34N4O3.HI/c1-5-19-18(21-8-6-16(7-9-21)17(23)24-4)20-12-14(2)22-10-11-25-13-15(22)3;/h14-16H,5-13H2,1-4H3,(H,19,20);1H. The van der Waals surface area contributed by atoms with Crippen LogP contribution in [-0.2, 0) is 14.3 Å². The van der Waals surface area contributed by atoms with Crippen LogP contribution in [0.4, 0.5) is 0 Å². The maximum Gasteiger partial charge on any atom is 0.308 e. The number of hydrogen-bond acceptors (Lipinski definition) is 5. The molecule has 0 bridgehead atoms. The second-order valence-electron chi connectivity index (χ2n) is 6.99. The summed E-state index contributed by atoms with van der Waals surface area (Å²) in [5.41, 5.74) is 0. The molecule has 152 valence electrons. The number of piperidine rings is 1. The molecule has 0 aliphatic carbocycles. The van der Waals surface area contributed by atoms with Gasteiger partial charge in [-0.3, -0.25) is 14.7 Å². The predicted molar refractivity (Wildman–Crippen MR) is 114 cm³/mol. The van der Waals surface area contributed by atoms with Gasteiger partial charge in [0.25, 0.3) is 0 Å². The number of methoxy groups -OCH3 is 1. The van der Waals surface area contributed by atoms with E-state index in [1.807, 2.05) is 0 Å². The highest BCUT2D eigenvalue weighted by Gasteiger charge is 2.27. The predicted octanol–water partition coefficient (Wildman–Crippen LogP) is 1.56. The maximum atomic E-state index is 11.7. The first-order valence-corrected chi connectivity index (χ1v) is 9.51. The summed E-state index contributed by atoms with van der Waals surface area (Å²) in [5, 5.41) is 3.40. The molecule has 0 spiro atoms. The van der Waals surface area contributed by atoms with Gasteiger partial charge in [-0.25, -0.2) is 0 Å². The van der Waals surface area contributed by atoms with Crippen LogP contribution in [0.3, 0.4) is 0 Å². The first-order chi connectivity index (χ1) is 12.1. The van der Waals surface area contributed by atoms with E-state index in [9.17, 15) is 4.79 Å². The Morgan fingerprint density at radius 3 is 2.62 bits per heavy atom. The Kier molecular flexibility index (Phi) is 10.8. The van der Waals surface area contributed by atoms with Crippen molar-refractivity contribution in [3.63, 3.8) is 0 Å². The molecule has 7 nitrogen and oxygen atoms in total. The summed E-state index contributed by atoms with van der Waals surface area (Å²) < 4.78 is 10.4. The molecule has 1 N–H and O–H groups in total. The molecule has 2 rings (SSSR count). The monoisotopic (exact) mass is 482 g/mol. The smallest absolute Gasteiger partial charge is 0.308 e. The van der Waals surface area contributed by atoms with Crippen LogP contribution in [0.1, 0.15) is 33.6 Å². The van der Waals surface area contributed by atoms with E-state index in [1.54, 1.807) is 0 Å². The third kappa shape index (κ3) is 6.53. The third-order valence-corrected chi connectivity index (χ3v) is 5.15. The van der Waals surface area contributed by atoms with Gasteiger partial charge < -0.3 is 19.7 Å². The average Bonchev–Trinajstić information content (AvgIpc) is 2.64. The number of guanidine groups is 1. The topological polar surface area (TPSA) is 66.4 Å². The van der Waals surface area contributed by atoms with Crippen molar-refractivity contribution in [3.05, 3.63) is 0 Å². The maximum absolute atomic E-state index is 11.7. The number of likely N-dealkylation sites (tertiary alicyclic amines) is 1. The number of carbonyl (C=O) groups excluding carboxylic acids is 1. The number of rotatable bonds is 5. The number of morpholine rings is 1. The molecule has 0 aromatic carbocycles. The zero-order valence-electron chi connectivity index (χ0n) is 16.6. The Bertz CT molecular complexity index is 456. The van der Waals surface area contributed by atoms with Gasteiger partial charge in [0.05, 0.1) is 32.8 Å². The van der Waals surface area contributed by atoms with Gasteiger partial charge in [-0.2, -0.15) is 0 Å². The summed E-state index contributed by atoms with van der Waals surface area (Å²) in [6.45, 7) is 12.4. The van der Waals surface area contributed by atoms with E-state index in [0.29, 0.717) is 12.1 Å². The van der Waals surface area contributed by atoms with Crippen molar-refractivity contribution in [2.75, 3.05) is 53.0 Å². The molecule has 2 unspecified atom stereocenters. The van der Waals surface area contributed by atoms with E-state index in [0.717, 1.165) is 64.7 Å². The summed E-state index contributed by atoms with van der Waals surface area (Å²) in [4.78, 5) is 21.3. The molecule has 0 radical (unpaired) electrons. The fraction of sp³-hybridized carbons (Fsp3) is 0.889. The quantitative estimate of drug-likeness (QED) is 0.278. The first kappa shape index (κ1) is 23.4. The Morgan fingerprint density at radius 1 is 1.35 bits per heavy atom. The average molecular weight is 482 g/mol. The van der Waals surface area contributed by atoms with E-state index < -0.39 is 0 Å². The molecule has 8 heteroatoms. The van der Waals surface area contributed by atoms with Crippen LogP contribution >= 0.6 is 24.0 Å². The highest BCUT2D eigenvalue weighted by atomic mass is 127. The summed E-state index contributed by atoms with van der Waals surface area (Å²) in [7, 11) is 1.47. The van der Waals surface area contributed by atoms with Crippen LogP contribution in [0.25, 0.3) is 0 Å². The molecule has 2 fully saturated rings. The van der Waals surface area contributed by atoms with Crippen LogP contribution in [0.15, 0.2) is 4.99 Å². The molecule has 2 aliphatic rings. The van der Waals surface area contributed by atoms with E-state index in [4.69, 9.17) is 14.5 Å². The van der Waals surface area contributed by atoms with Crippen molar-refractivity contribution in [3.8, 4) is 0 Å². The van der Waals surface area contributed by atoms with Gasteiger partial charge in [0.1, 0.15) is 0 Å². The number of carbonyl (C=O) groups is 1. The van der Waals surface area contributed by atoms with Crippen molar-refractivity contribution >= 4 is 35.9 Å². The highest BCUT2D eigenvalue weighted by molar-refractivity contribution is 14.0. The summed E-state index contributed by atoms with van der Waals surface area (Å²) in [5.74, 6) is 0.896. The summed E-state index contributed by atoms with van der Waals surface area (Å²) >= 11 is 0. The van der Waals surface area contributed by atoms with E-state index in [-0.39, 0.29) is 35.9 Å². The second kappa shape index (κ2) is 12.0. The minimum Gasteiger partial charge on any atom is -0.469 e. The van der Waals surface area contributed by atoms with Crippen LogP contribution < -0.4 is 5.32 Å². The van der Waals surface area contributed by atoms with E-state index >= 15 is 0 Å². The van der Waals surface area contributed by atoms with Crippen molar-refractivity contribution < 1.29 is 14.3 Å². The Labute approximate surface area is 174 Å². The Morgan fingerprint density at radius 2 is 2.04 bits per heavy atom. The van der Waals surface area contributed by atoms with Crippen molar-refractivity contribution in [2.45, 2.75) is 45.7 Å². The number of nitrogens with zero attached hydrogens (tertiary/aromatic N) is 3. The molecular weight excluding hydrogens is 447 g/mol. The first-order valence-electron chi connectivity index (χ1n) is 9.51. The normalized spacial score (nSPS) is 23.9. The number of halogens is 1. The van der Waals surface area contributed by atoms with Crippen LogP contribution in [0.5, 0.6) is 0 Å². The molecule has 2 saturated heterocycles. The lowest BCUT2D eigenvalue weighted by Gasteiger charge is -2.38. The van der Waals surface area contributed by atoms with Crippen molar-refractivity contribution in [1.82, 2.24) is 15.1 Å². The molecule has 2 atom stereocenters. The van der Waals surface area contributed by atoms with Gasteiger partial charge in [-0.1, -0.05) is 0 Å². The Hall–Kier alpha value is -0.610. The number of hydrogen-bond donors (Lipinski definition) is 1. The zero-order valence-corrected chi connectivity index (χ0v) is 18.9. The van der Waals surface area contributed by atoms with Gasteiger partial charge in [-0.05, 0) is 33.6 Å². The molecular formula is C18H35IN4O3. The van der Waals surface area contributed by atoms with Crippen LogP contribution in [0.2, 0.25) is 0 Å². The molecule has 2 heterocycles. The minimum atomic E-state index is -0.0866. The molecule has 0 amide bonds. The SMILES string of the molecule is CCNC(=NCC(C)N1CCOCC1C)N1CCC(C(=O)OC)CC1.I. The van der Waals surface area contributed by atoms with Crippen molar-refractivity contribution in [1.29, 1.82) is 0 Å². The Balaban J connectivity index is 0.00000338. The number of ether oxygens (including phenoxy) is 2.